The predicted molar refractivity (Wildman–Crippen MR) is 121 cm³/mol. The van der Waals surface area contributed by atoms with Gasteiger partial charge >= 0.3 is 0 Å². The van der Waals surface area contributed by atoms with E-state index in [0.717, 1.165) is 18.9 Å². The summed E-state index contributed by atoms with van der Waals surface area (Å²) in [5.41, 5.74) is 0. The number of ketones is 1. The number of carbonyl (C=O) groups is 1. The Morgan fingerprint density at radius 2 is 1.04 bits per heavy atom. The maximum Gasteiger partial charge on any atom is 0.132 e. The fourth-order valence-corrected chi connectivity index (χ4v) is 2.25. The van der Waals surface area contributed by atoms with Crippen molar-refractivity contribution in [3.8, 4) is 0 Å². The van der Waals surface area contributed by atoms with Crippen LogP contribution >= 0.6 is 0 Å². The highest BCUT2D eigenvalue weighted by Crippen LogP contribution is 2.10. The Hall–Kier alpha value is -0.490. The maximum atomic E-state index is 10.6. The topological polar surface area (TPSA) is 54.0 Å². The van der Waals surface area contributed by atoms with Crippen LogP contribution in [0.3, 0.4) is 0 Å². The summed E-state index contributed by atoms with van der Waals surface area (Å²) < 4.78 is 21.1. The lowest BCUT2D eigenvalue weighted by Gasteiger charge is -2.06. The molecule has 0 amide bonds. The van der Waals surface area contributed by atoms with Crippen LogP contribution < -0.4 is 0 Å². The van der Waals surface area contributed by atoms with Crippen molar-refractivity contribution in [3.63, 3.8) is 0 Å². The lowest BCUT2D eigenvalue weighted by Crippen LogP contribution is -2.12. The van der Waals surface area contributed by atoms with Gasteiger partial charge in [-0.3, -0.25) is 4.79 Å². The van der Waals surface area contributed by atoms with Gasteiger partial charge in [0.05, 0.1) is 46.2 Å². The highest BCUT2D eigenvalue weighted by molar-refractivity contribution is 5.75. The van der Waals surface area contributed by atoms with E-state index in [4.69, 9.17) is 18.9 Å². The molecule has 0 spiro atoms. The third-order valence-corrected chi connectivity index (χ3v) is 3.63. The van der Waals surface area contributed by atoms with E-state index in [9.17, 15) is 4.79 Å². The Bertz CT molecular complexity index is 272. The molecule has 0 unspecified atom stereocenters. The molecule has 0 bridgehead atoms. The predicted octanol–water partition coefficient (Wildman–Crippen LogP) is 5.94. The molecule has 0 fully saturated rings. The van der Waals surface area contributed by atoms with Crippen molar-refractivity contribution in [3.05, 3.63) is 0 Å². The molecule has 174 valence electrons. The van der Waals surface area contributed by atoms with Crippen LogP contribution in [0, 0.1) is 5.92 Å². The third-order valence-electron chi connectivity index (χ3n) is 3.63. The largest absolute Gasteiger partial charge is 0.379 e. The summed E-state index contributed by atoms with van der Waals surface area (Å²) in [5.74, 6) is 1.11. The molecule has 0 rings (SSSR count). The summed E-state index contributed by atoms with van der Waals surface area (Å²) in [6, 6.07) is 0. The van der Waals surface area contributed by atoms with Crippen molar-refractivity contribution < 1.29 is 25.2 Å². The lowest BCUT2D eigenvalue weighted by atomic mass is 10.0. The smallest absolute Gasteiger partial charge is 0.132 e. The first-order valence-corrected chi connectivity index (χ1v) is 11.4. The second kappa shape index (κ2) is 31.2. The summed E-state index contributed by atoms with van der Waals surface area (Å²) in [6.07, 6.45) is 7.03. The van der Waals surface area contributed by atoms with Crippen LogP contribution in [-0.4, -0.2) is 58.6 Å². The zero-order chi connectivity index (χ0) is 21.9. The van der Waals surface area contributed by atoms with Gasteiger partial charge in [-0.25, -0.2) is 0 Å². The molecule has 0 heterocycles. The number of hydrogen-bond donors (Lipinski definition) is 0. The molecule has 0 aliphatic rings. The van der Waals surface area contributed by atoms with Crippen molar-refractivity contribution in [2.24, 2.45) is 5.92 Å². The summed E-state index contributed by atoms with van der Waals surface area (Å²) in [4.78, 5) is 10.6. The van der Waals surface area contributed by atoms with Gasteiger partial charge in [0.2, 0.25) is 0 Å². The van der Waals surface area contributed by atoms with Gasteiger partial charge in [0.1, 0.15) is 5.78 Å². The minimum absolute atomic E-state index is 0. The van der Waals surface area contributed by atoms with E-state index >= 15 is 0 Å². The van der Waals surface area contributed by atoms with Gasteiger partial charge in [-0.05, 0) is 19.3 Å². The van der Waals surface area contributed by atoms with E-state index in [2.05, 4.69) is 27.7 Å². The standard InChI is InChI=1S/C13H26O5.C8H18.C2H6.H2/c1-3-5-15-7-9-17-11-12-18-10-8-16-6-4-13(2)14;1-4-6-8(3)7-5-2;1-2;/h3-12H2,1-2H3;8H,4-7H2,1-3H3;1-2H3;1H. The molecule has 0 aliphatic carbocycles. The van der Waals surface area contributed by atoms with E-state index in [-0.39, 0.29) is 7.21 Å². The summed E-state index contributed by atoms with van der Waals surface area (Å²) in [6.45, 7) is 19.2. The molecule has 0 aromatic heterocycles. The van der Waals surface area contributed by atoms with Crippen molar-refractivity contribution in [1.82, 2.24) is 0 Å². The molecule has 0 aromatic rings. The van der Waals surface area contributed by atoms with Gasteiger partial charge in [-0.2, -0.15) is 0 Å². The fourth-order valence-electron chi connectivity index (χ4n) is 2.25. The number of Topliss-reactive ketones (excluding diaryl/α,β-unsaturated/α-hetero) is 1. The SMILES string of the molecule is CC.CCCC(C)CCC.CCCOCCOCCOCCOCCC(C)=O.[HH]. The lowest BCUT2D eigenvalue weighted by molar-refractivity contribution is -0.118. The first-order valence-electron chi connectivity index (χ1n) is 11.4. The fraction of sp³-hybridized carbons (Fsp3) is 0.957. The molecule has 5 nitrogen and oxygen atoms in total. The molecule has 0 atom stereocenters. The molecule has 0 aromatic carbocycles. The summed E-state index contributed by atoms with van der Waals surface area (Å²) in [7, 11) is 0. The Labute approximate surface area is 177 Å². The Balaban J connectivity index is -0.000000239. The van der Waals surface area contributed by atoms with Gasteiger partial charge in [-0.1, -0.05) is 67.2 Å². The van der Waals surface area contributed by atoms with Crippen LogP contribution in [0.1, 0.15) is 88.4 Å². The van der Waals surface area contributed by atoms with Crippen LogP contribution in [0.25, 0.3) is 0 Å². The first-order chi connectivity index (χ1) is 13.6. The zero-order valence-electron chi connectivity index (χ0n) is 20.0. The Kier molecular flexibility index (Phi) is 35.9. The average Bonchev–Trinajstić information content (AvgIpc) is 2.68. The second-order valence-electron chi connectivity index (χ2n) is 6.58. The van der Waals surface area contributed by atoms with Crippen LogP contribution in [0.4, 0.5) is 0 Å². The highest BCUT2D eigenvalue weighted by atomic mass is 16.6. The molecular formula is C23H52O5. The second-order valence-corrected chi connectivity index (χ2v) is 6.58. The van der Waals surface area contributed by atoms with Gasteiger partial charge in [0, 0.05) is 14.5 Å². The monoisotopic (exact) mass is 408 g/mol. The Morgan fingerprint density at radius 1 is 0.679 bits per heavy atom. The van der Waals surface area contributed by atoms with Crippen LogP contribution in [-0.2, 0) is 23.7 Å². The molecule has 0 aliphatic heterocycles. The molecule has 0 radical (unpaired) electrons. The quantitative estimate of drug-likeness (QED) is 0.263. The third kappa shape index (κ3) is 36.4. The van der Waals surface area contributed by atoms with Crippen LogP contribution in [0.2, 0.25) is 0 Å². The van der Waals surface area contributed by atoms with Crippen molar-refractivity contribution in [2.75, 3.05) is 52.9 Å². The van der Waals surface area contributed by atoms with E-state index in [1.165, 1.54) is 25.7 Å². The van der Waals surface area contributed by atoms with E-state index in [1.807, 2.05) is 13.8 Å². The average molecular weight is 409 g/mol. The number of ether oxygens (including phenoxy) is 4. The summed E-state index contributed by atoms with van der Waals surface area (Å²) >= 11 is 0. The van der Waals surface area contributed by atoms with Crippen molar-refractivity contribution >= 4 is 5.78 Å². The molecule has 0 N–H and O–H groups in total. The number of hydrogen-bond acceptors (Lipinski definition) is 5. The van der Waals surface area contributed by atoms with E-state index in [0.29, 0.717) is 52.7 Å². The minimum atomic E-state index is 0. The highest BCUT2D eigenvalue weighted by Gasteiger charge is 1.96. The first kappa shape index (κ1) is 32.2. The molecule has 0 saturated carbocycles. The van der Waals surface area contributed by atoms with Gasteiger partial charge in [-0.15, -0.1) is 0 Å². The van der Waals surface area contributed by atoms with E-state index in [1.54, 1.807) is 6.92 Å². The van der Waals surface area contributed by atoms with Gasteiger partial charge in [0.25, 0.3) is 0 Å². The van der Waals surface area contributed by atoms with Crippen molar-refractivity contribution in [1.29, 1.82) is 0 Å². The van der Waals surface area contributed by atoms with Gasteiger partial charge in [0.15, 0.2) is 0 Å². The van der Waals surface area contributed by atoms with Gasteiger partial charge < -0.3 is 18.9 Å². The molecule has 0 saturated heterocycles. The summed E-state index contributed by atoms with van der Waals surface area (Å²) in [5, 5.41) is 0. The molecular weight excluding hydrogens is 356 g/mol. The number of carbonyl (C=O) groups excluding carboxylic acids is 1. The van der Waals surface area contributed by atoms with Crippen molar-refractivity contribution in [2.45, 2.75) is 87.0 Å². The maximum absolute atomic E-state index is 10.6. The Morgan fingerprint density at radius 3 is 1.36 bits per heavy atom. The minimum Gasteiger partial charge on any atom is -0.379 e. The zero-order valence-corrected chi connectivity index (χ0v) is 20.0. The molecule has 5 heteroatoms. The normalized spacial score (nSPS) is 10.1. The van der Waals surface area contributed by atoms with Crippen LogP contribution in [0.15, 0.2) is 0 Å². The number of rotatable bonds is 18. The van der Waals surface area contributed by atoms with Crippen LogP contribution in [0.5, 0.6) is 0 Å². The molecule has 28 heavy (non-hydrogen) atoms. The van der Waals surface area contributed by atoms with E-state index < -0.39 is 0 Å².